The third kappa shape index (κ3) is 5.56. The highest BCUT2D eigenvalue weighted by Crippen LogP contribution is 2.47. The van der Waals surface area contributed by atoms with Gasteiger partial charge in [0.25, 0.3) is 5.91 Å². The lowest BCUT2D eigenvalue weighted by atomic mass is 9.74. The Morgan fingerprint density at radius 3 is 2.24 bits per heavy atom. The second-order valence-corrected chi connectivity index (χ2v) is 11.1. The van der Waals surface area contributed by atoms with Crippen LogP contribution < -0.4 is 10.6 Å². The number of Topliss-reactive ketones (excluding diaryl/α,β-unsaturated/α-hetero) is 1. The third-order valence-corrected chi connectivity index (χ3v) is 7.00. The number of benzene rings is 1. The third-order valence-electron chi connectivity index (χ3n) is 5.33. The summed E-state index contributed by atoms with van der Waals surface area (Å²) in [6.45, 7) is 7.55. The van der Waals surface area contributed by atoms with E-state index in [9.17, 15) is 19.5 Å². The SMILES string of the molecule is CC(C)SC1=C(NC(Cc2ccc(NC(=O)c3c(Cl)cncc3Cl)cc2)C(=O)O)C(C)(C)C1=O. The number of hydrogen-bond donors (Lipinski definition) is 3. The molecule has 3 rings (SSSR count). The van der Waals surface area contributed by atoms with Crippen molar-refractivity contribution < 1.29 is 19.5 Å². The molecule has 34 heavy (non-hydrogen) atoms. The lowest BCUT2D eigenvalue weighted by molar-refractivity contribution is -0.139. The average Bonchev–Trinajstić information content (AvgIpc) is 2.75. The van der Waals surface area contributed by atoms with Crippen LogP contribution in [0.25, 0.3) is 0 Å². The summed E-state index contributed by atoms with van der Waals surface area (Å²) in [7, 11) is 0. The van der Waals surface area contributed by atoms with Gasteiger partial charge in [-0.1, -0.05) is 49.2 Å². The molecule has 1 atom stereocenters. The van der Waals surface area contributed by atoms with Gasteiger partial charge in [0.05, 0.1) is 25.9 Å². The summed E-state index contributed by atoms with van der Waals surface area (Å²) >= 11 is 13.5. The maximum absolute atomic E-state index is 12.5. The summed E-state index contributed by atoms with van der Waals surface area (Å²) in [6.07, 6.45) is 2.86. The van der Waals surface area contributed by atoms with Crippen molar-refractivity contribution >= 4 is 58.3 Å². The Hall–Kier alpha value is -2.55. The van der Waals surface area contributed by atoms with E-state index in [1.807, 2.05) is 13.8 Å². The number of carbonyl (C=O) groups excluding carboxylic acids is 2. The van der Waals surface area contributed by atoms with Crippen molar-refractivity contribution in [2.75, 3.05) is 5.32 Å². The van der Waals surface area contributed by atoms with Crippen molar-refractivity contribution in [2.24, 2.45) is 5.41 Å². The lowest BCUT2D eigenvalue weighted by Crippen LogP contribution is -2.50. The second-order valence-electron chi connectivity index (χ2n) is 8.69. The monoisotopic (exact) mass is 521 g/mol. The summed E-state index contributed by atoms with van der Waals surface area (Å²) in [5.74, 6) is -1.47. The van der Waals surface area contributed by atoms with E-state index >= 15 is 0 Å². The molecule has 1 aliphatic carbocycles. The van der Waals surface area contributed by atoms with Gasteiger partial charge in [-0.15, -0.1) is 11.8 Å². The molecule has 3 N–H and O–H groups in total. The summed E-state index contributed by atoms with van der Waals surface area (Å²) in [4.78, 5) is 41.4. The van der Waals surface area contributed by atoms with Gasteiger partial charge in [-0.25, -0.2) is 4.79 Å². The van der Waals surface area contributed by atoms with Crippen LogP contribution in [0.15, 0.2) is 47.3 Å². The summed E-state index contributed by atoms with van der Waals surface area (Å²) in [5.41, 5.74) is 1.30. The van der Waals surface area contributed by atoms with E-state index in [2.05, 4.69) is 15.6 Å². The number of amides is 1. The van der Waals surface area contributed by atoms with E-state index in [0.29, 0.717) is 16.3 Å². The van der Waals surface area contributed by atoms with Gasteiger partial charge in [-0.05, 0) is 31.5 Å². The summed E-state index contributed by atoms with van der Waals surface area (Å²) < 4.78 is 0. The highest BCUT2D eigenvalue weighted by molar-refractivity contribution is 8.04. The van der Waals surface area contributed by atoms with E-state index in [-0.39, 0.29) is 33.1 Å². The van der Waals surface area contributed by atoms with Crippen LogP contribution in [-0.4, -0.2) is 39.0 Å². The highest BCUT2D eigenvalue weighted by Gasteiger charge is 2.48. The minimum atomic E-state index is -1.02. The molecule has 1 aromatic heterocycles. The van der Waals surface area contributed by atoms with Gasteiger partial charge in [0.2, 0.25) is 0 Å². The van der Waals surface area contributed by atoms with Gasteiger partial charge < -0.3 is 15.7 Å². The Morgan fingerprint density at radius 2 is 1.71 bits per heavy atom. The smallest absolute Gasteiger partial charge is 0.326 e. The van der Waals surface area contributed by atoms with Crippen LogP contribution >= 0.6 is 35.0 Å². The Morgan fingerprint density at radius 1 is 1.12 bits per heavy atom. The number of thioether (sulfide) groups is 1. The number of aliphatic carboxylic acids is 1. The van der Waals surface area contributed by atoms with Crippen LogP contribution in [0.3, 0.4) is 0 Å². The maximum Gasteiger partial charge on any atom is 0.326 e. The first-order valence-corrected chi connectivity index (χ1v) is 12.2. The molecule has 180 valence electrons. The molecule has 7 nitrogen and oxygen atoms in total. The number of nitrogens with one attached hydrogen (secondary N) is 2. The Labute approximate surface area is 212 Å². The molecule has 1 heterocycles. The van der Waals surface area contributed by atoms with E-state index < -0.39 is 23.3 Å². The molecule has 10 heteroatoms. The molecule has 0 radical (unpaired) electrons. The molecule has 1 amide bonds. The number of hydrogen-bond acceptors (Lipinski definition) is 6. The highest BCUT2D eigenvalue weighted by atomic mass is 35.5. The number of carbonyl (C=O) groups is 3. The van der Waals surface area contributed by atoms with Gasteiger partial charge >= 0.3 is 5.97 Å². The van der Waals surface area contributed by atoms with E-state index in [0.717, 1.165) is 5.56 Å². The topological polar surface area (TPSA) is 108 Å². The van der Waals surface area contributed by atoms with Crippen molar-refractivity contribution in [3.8, 4) is 0 Å². The van der Waals surface area contributed by atoms with Crippen molar-refractivity contribution in [1.29, 1.82) is 0 Å². The minimum Gasteiger partial charge on any atom is -0.480 e. The Balaban J connectivity index is 1.72. The van der Waals surface area contributed by atoms with Gasteiger partial charge in [0.1, 0.15) is 6.04 Å². The molecular weight excluding hydrogens is 497 g/mol. The number of pyridine rings is 1. The zero-order chi connectivity index (χ0) is 25.2. The van der Waals surface area contributed by atoms with Gasteiger partial charge in [0, 0.05) is 35.4 Å². The van der Waals surface area contributed by atoms with Crippen LogP contribution in [-0.2, 0) is 16.0 Å². The molecular formula is C24H25Cl2N3O4S. The molecule has 0 fully saturated rings. The van der Waals surface area contributed by atoms with Crippen LogP contribution in [0.4, 0.5) is 5.69 Å². The molecule has 0 aliphatic heterocycles. The number of rotatable bonds is 9. The summed E-state index contributed by atoms with van der Waals surface area (Å²) in [6, 6.07) is 5.90. The minimum absolute atomic E-state index is 0.0207. The van der Waals surface area contributed by atoms with Crippen molar-refractivity contribution in [1.82, 2.24) is 10.3 Å². The largest absolute Gasteiger partial charge is 0.480 e. The molecule has 0 bridgehead atoms. The van der Waals surface area contributed by atoms with Crippen LogP contribution in [0, 0.1) is 5.41 Å². The molecule has 1 unspecified atom stereocenters. The fourth-order valence-electron chi connectivity index (χ4n) is 3.48. The fraction of sp³-hybridized carbons (Fsp3) is 0.333. The van der Waals surface area contributed by atoms with Crippen molar-refractivity contribution in [3.63, 3.8) is 0 Å². The number of carboxylic acid groups (broad SMARTS) is 1. The van der Waals surface area contributed by atoms with Gasteiger partial charge in [0.15, 0.2) is 5.78 Å². The Kier molecular flexibility index (Phi) is 7.95. The molecule has 1 aromatic carbocycles. The number of allylic oxidation sites excluding steroid dienone is 2. The van der Waals surface area contributed by atoms with Crippen molar-refractivity contribution in [3.05, 3.63) is 68.4 Å². The molecule has 0 spiro atoms. The molecule has 0 saturated heterocycles. The predicted octanol–water partition coefficient (Wildman–Crippen LogP) is 5.19. The number of carboxylic acids is 1. The second kappa shape index (κ2) is 10.4. The van der Waals surface area contributed by atoms with E-state index in [1.54, 1.807) is 38.1 Å². The molecule has 1 aliphatic rings. The van der Waals surface area contributed by atoms with Crippen LogP contribution in [0.1, 0.15) is 43.6 Å². The number of nitrogens with zero attached hydrogens (tertiary/aromatic N) is 1. The first-order chi connectivity index (χ1) is 15.9. The summed E-state index contributed by atoms with van der Waals surface area (Å²) in [5, 5.41) is 16.1. The quantitative estimate of drug-likeness (QED) is 0.416. The van der Waals surface area contributed by atoms with Crippen LogP contribution in [0.2, 0.25) is 10.0 Å². The zero-order valence-corrected chi connectivity index (χ0v) is 21.4. The normalized spacial score (nSPS) is 15.7. The van der Waals surface area contributed by atoms with E-state index in [1.165, 1.54) is 24.2 Å². The molecule has 0 saturated carbocycles. The number of ketones is 1. The Bertz CT molecular complexity index is 1140. The van der Waals surface area contributed by atoms with Crippen LogP contribution in [0.5, 0.6) is 0 Å². The maximum atomic E-state index is 12.5. The fourth-order valence-corrected chi connectivity index (χ4v) is 5.28. The first-order valence-electron chi connectivity index (χ1n) is 10.6. The predicted molar refractivity (Wildman–Crippen MR) is 135 cm³/mol. The number of halogens is 2. The number of aromatic nitrogens is 1. The van der Waals surface area contributed by atoms with E-state index in [4.69, 9.17) is 23.2 Å². The van der Waals surface area contributed by atoms with Gasteiger partial charge in [-0.3, -0.25) is 14.6 Å². The average molecular weight is 522 g/mol. The van der Waals surface area contributed by atoms with Crippen molar-refractivity contribution in [2.45, 2.75) is 45.4 Å². The number of anilines is 1. The standard InChI is InChI=1S/C24H25Cl2N3O4S/c1-12(2)34-19-20(24(3,4)21(19)30)29-17(23(32)33)9-13-5-7-14(8-6-13)28-22(31)18-15(25)10-27-11-16(18)26/h5-8,10-12,17,29H,9H2,1-4H3,(H,28,31)(H,32,33). The zero-order valence-electron chi connectivity index (χ0n) is 19.1. The lowest BCUT2D eigenvalue weighted by Gasteiger charge is -2.40. The molecule has 2 aromatic rings. The van der Waals surface area contributed by atoms with Gasteiger partial charge in [-0.2, -0.15) is 0 Å². The first kappa shape index (κ1) is 26.1.